The van der Waals surface area contributed by atoms with Gasteiger partial charge in [-0.1, -0.05) is 0 Å². The van der Waals surface area contributed by atoms with Crippen molar-refractivity contribution < 1.29 is 5.11 Å². The highest BCUT2D eigenvalue weighted by Gasteiger charge is 2.16. The van der Waals surface area contributed by atoms with Crippen LogP contribution in [0.25, 0.3) is 0 Å². The molecule has 0 saturated carbocycles. The molecule has 1 unspecified atom stereocenters. The van der Waals surface area contributed by atoms with Gasteiger partial charge in [-0.2, -0.15) is 0 Å². The van der Waals surface area contributed by atoms with Gasteiger partial charge in [-0.3, -0.25) is 0 Å². The maximum atomic E-state index is 9.45. The van der Waals surface area contributed by atoms with E-state index in [1.807, 2.05) is 19.4 Å². The molecule has 2 N–H and O–H groups in total. The summed E-state index contributed by atoms with van der Waals surface area (Å²) in [4.78, 5) is 6.80. The van der Waals surface area contributed by atoms with Crippen molar-refractivity contribution in [3.8, 4) is 0 Å². The number of aliphatic hydroxyl groups excluding tert-OH is 1. The molecule has 0 bridgehead atoms. The highest BCUT2D eigenvalue weighted by atomic mass is 16.3. The van der Waals surface area contributed by atoms with E-state index < -0.39 is 0 Å². The molecule has 1 saturated heterocycles. The van der Waals surface area contributed by atoms with E-state index in [1.165, 1.54) is 0 Å². The second kappa shape index (κ2) is 7.03. The number of likely N-dealkylation sites (tertiary alicyclic amines) is 1. The Kier molecular flexibility index (Phi) is 5.36. The Morgan fingerprint density at radius 1 is 1.47 bits per heavy atom. The molecule has 5 heteroatoms. The Morgan fingerprint density at radius 3 is 2.84 bits per heavy atom. The molecule has 0 aliphatic carbocycles. The summed E-state index contributed by atoms with van der Waals surface area (Å²) in [6.07, 6.45) is 6.75. The lowest BCUT2D eigenvalue weighted by atomic mass is 10.1. The molecule has 1 aliphatic rings. The summed E-state index contributed by atoms with van der Waals surface area (Å²) >= 11 is 0. The van der Waals surface area contributed by atoms with Crippen LogP contribution in [0.2, 0.25) is 0 Å². The van der Waals surface area contributed by atoms with Gasteiger partial charge >= 0.3 is 0 Å². The van der Waals surface area contributed by atoms with Crippen molar-refractivity contribution in [3.05, 3.63) is 18.2 Å². The fourth-order valence-electron chi connectivity index (χ4n) is 2.65. The SMILES string of the molecule is CC(NCCCN1CCC(O)CC1)c1nccn1C. The average Bonchev–Trinajstić information content (AvgIpc) is 2.83. The van der Waals surface area contributed by atoms with Gasteiger partial charge in [0.05, 0.1) is 12.1 Å². The highest BCUT2D eigenvalue weighted by molar-refractivity contribution is 4.96. The molecule has 1 aromatic rings. The minimum absolute atomic E-state index is 0.0715. The molecule has 2 heterocycles. The first-order valence-corrected chi connectivity index (χ1v) is 7.28. The van der Waals surface area contributed by atoms with Crippen LogP contribution < -0.4 is 5.32 Å². The molecule has 2 rings (SSSR count). The van der Waals surface area contributed by atoms with Crippen LogP contribution in [-0.2, 0) is 7.05 Å². The predicted octanol–water partition coefficient (Wildman–Crippen LogP) is 0.917. The van der Waals surface area contributed by atoms with Gasteiger partial charge < -0.3 is 19.9 Å². The molecule has 1 aromatic heterocycles. The molecule has 0 radical (unpaired) electrons. The fourth-order valence-corrected chi connectivity index (χ4v) is 2.65. The van der Waals surface area contributed by atoms with E-state index in [0.29, 0.717) is 6.04 Å². The van der Waals surface area contributed by atoms with Gasteiger partial charge in [0.2, 0.25) is 0 Å². The number of aryl methyl sites for hydroxylation is 1. The van der Waals surface area contributed by atoms with Crippen LogP contribution in [0.15, 0.2) is 12.4 Å². The van der Waals surface area contributed by atoms with Crippen molar-refractivity contribution in [3.63, 3.8) is 0 Å². The van der Waals surface area contributed by atoms with Crippen molar-refractivity contribution in [2.24, 2.45) is 7.05 Å². The van der Waals surface area contributed by atoms with Gasteiger partial charge in [-0.15, -0.1) is 0 Å². The number of rotatable bonds is 6. The second-order valence-electron chi connectivity index (χ2n) is 5.50. The number of nitrogens with zero attached hydrogens (tertiary/aromatic N) is 3. The fraction of sp³-hybridized carbons (Fsp3) is 0.786. The summed E-state index contributed by atoms with van der Waals surface area (Å²) in [6.45, 7) is 6.35. The second-order valence-corrected chi connectivity index (χ2v) is 5.50. The summed E-state index contributed by atoms with van der Waals surface area (Å²) < 4.78 is 2.06. The Balaban J connectivity index is 1.60. The van der Waals surface area contributed by atoms with Crippen LogP contribution >= 0.6 is 0 Å². The number of nitrogens with one attached hydrogen (secondary N) is 1. The van der Waals surface area contributed by atoms with E-state index in [9.17, 15) is 5.11 Å². The van der Waals surface area contributed by atoms with Crippen molar-refractivity contribution in [2.45, 2.75) is 38.3 Å². The Bertz CT molecular complexity index is 371. The van der Waals surface area contributed by atoms with E-state index in [-0.39, 0.29) is 6.10 Å². The number of aromatic nitrogens is 2. The van der Waals surface area contributed by atoms with E-state index in [1.54, 1.807) is 0 Å². The number of piperidine rings is 1. The predicted molar refractivity (Wildman–Crippen MR) is 75.9 cm³/mol. The smallest absolute Gasteiger partial charge is 0.125 e. The minimum Gasteiger partial charge on any atom is -0.393 e. The monoisotopic (exact) mass is 266 g/mol. The van der Waals surface area contributed by atoms with Crippen molar-refractivity contribution >= 4 is 0 Å². The lowest BCUT2D eigenvalue weighted by Crippen LogP contribution is -2.37. The van der Waals surface area contributed by atoms with Crippen molar-refractivity contribution in [2.75, 3.05) is 26.2 Å². The van der Waals surface area contributed by atoms with Crippen LogP contribution in [0.4, 0.5) is 0 Å². The average molecular weight is 266 g/mol. The third-order valence-corrected chi connectivity index (χ3v) is 3.90. The zero-order chi connectivity index (χ0) is 13.7. The van der Waals surface area contributed by atoms with Crippen molar-refractivity contribution in [1.29, 1.82) is 0 Å². The van der Waals surface area contributed by atoms with E-state index in [2.05, 4.69) is 26.7 Å². The topological polar surface area (TPSA) is 53.3 Å². The molecule has 108 valence electrons. The number of hydrogen-bond acceptors (Lipinski definition) is 4. The van der Waals surface area contributed by atoms with Crippen LogP contribution in [0.5, 0.6) is 0 Å². The molecule has 0 spiro atoms. The largest absolute Gasteiger partial charge is 0.393 e. The zero-order valence-corrected chi connectivity index (χ0v) is 12.0. The Hall–Kier alpha value is -0.910. The van der Waals surface area contributed by atoms with Gasteiger partial charge in [-0.25, -0.2) is 4.98 Å². The van der Waals surface area contributed by atoms with Gasteiger partial charge in [0.15, 0.2) is 0 Å². The summed E-state index contributed by atoms with van der Waals surface area (Å²) in [5, 5.41) is 13.0. The summed E-state index contributed by atoms with van der Waals surface area (Å²) in [7, 11) is 2.03. The van der Waals surface area contributed by atoms with Gasteiger partial charge in [0.1, 0.15) is 5.82 Å². The molecule has 5 nitrogen and oxygen atoms in total. The van der Waals surface area contributed by atoms with Crippen LogP contribution in [0, 0.1) is 0 Å². The van der Waals surface area contributed by atoms with Crippen LogP contribution in [-0.4, -0.2) is 51.8 Å². The van der Waals surface area contributed by atoms with Gasteiger partial charge in [0.25, 0.3) is 0 Å². The van der Waals surface area contributed by atoms with E-state index in [0.717, 1.165) is 51.3 Å². The first-order chi connectivity index (χ1) is 9.16. The molecule has 1 fully saturated rings. The lowest BCUT2D eigenvalue weighted by Gasteiger charge is -2.29. The number of imidazole rings is 1. The van der Waals surface area contributed by atoms with Crippen molar-refractivity contribution in [1.82, 2.24) is 19.8 Å². The first-order valence-electron chi connectivity index (χ1n) is 7.28. The van der Waals surface area contributed by atoms with Gasteiger partial charge in [0, 0.05) is 32.5 Å². The lowest BCUT2D eigenvalue weighted by molar-refractivity contribution is 0.0820. The first kappa shape index (κ1) is 14.5. The molecular weight excluding hydrogens is 240 g/mol. The molecule has 0 amide bonds. The zero-order valence-electron chi connectivity index (χ0n) is 12.0. The van der Waals surface area contributed by atoms with Crippen LogP contribution in [0.3, 0.4) is 0 Å². The third kappa shape index (κ3) is 4.30. The molecule has 0 aromatic carbocycles. The Labute approximate surface area is 115 Å². The molecule has 1 aliphatic heterocycles. The maximum absolute atomic E-state index is 9.45. The van der Waals surface area contributed by atoms with E-state index >= 15 is 0 Å². The quantitative estimate of drug-likeness (QED) is 0.752. The maximum Gasteiger partial charge on any atom is 0.125 e. The molecule has 19 heavy (non-hydrogen) atoms. The van der Waals surface area contributed by atoms with Crippen LogP contribution in [0.1, 0.15) is 38.1 Å². The molecule has 1 atom stereocenters. The summed E-state index contributed by atoms with van der Waals surface area (Å²) in [6, 6.07) is 0.295. The Morgan fingerprint density at radius 2 is 2.21 bits per heavy atom. The summed E-state index contributed by atoms with van der Waals surface area (Å²) in [5.41, 5.74) is 0. The third-order valence-electron chi connectivity index (χ3n) is 3.90. The highest BCUT2D eigenvalue weighted by Crippen LogP contribution is 2.11. The number of hydrogen-bond donors (Lipinski definition) is 2. The van der Waals surface area contributed by atoms with Gasteiger partial charge in [-0.05, 0) is 39.3 Å². The number of aliphatic hydroxyl groups is 1. The molecular formula is C14H26N4O. The van der Waals surface area contributed by atoms with E-state index in [4.69, 9.17) is 0 Å². The normalized spacial score (nSPS) is 19.7. The standard InChI is InChI=1S/C14H26N4O/c1-12(14-16-7-11-17(14)2)15-6-3-8-18-9-4-13(19)5-10-18/h7,11-13,15,19H,3-6,8-10H2,1-2H3. The summed E-state index contributed by atoms with van der Waals surface area (Å²) in [5.74, 6) is 1.08. The minimum atomic E-state index is -0.0715.